The monoisotopic (exact) mass is 245 g/mol. The summed E-state index contributed by atoms with van der Waals surface area (Å²) in [4.78, 5) is 3.66. The van der Waals surface area contributed by atoms with E-state index in [4.69, 9.17) is 11.6 Å². The summed E-state index contributed by atoms with van der Waals surface area (Å²) >= 11 is 5.70. The number of pyridine rings is 1. The van der Waals surface area contributed by atoms with E-state index >= 15 is 0 Å². The molecule has 1 heterocycles. The Labute approximate surface area is 90.7 Å². The molecule has 3 nitrogen and oxygen atoms in total. The molecule has 0 N–H and O–H groups in total. The molecule has 0 aliphatic heterocycles. The van der Waals surface area contributed by atoms with Crippen LogP contribution in [-0.4, -0.2) is 13.4 Å². The lowest BCUT2D eigenvalue weighted by molar-refractivity contribution is 0.548. The summed E-state index contributed by atoms with van der Waals surface area (Å²) in [6, 6.07) is 7.40. The fraction of sp³-hybridized carbons (Fsp3) is 0. The molecule has 1 aromatic carbocycles. The zero-order valence-electron chi connectivity index (χ0n) is 7.31. The van der Waals surface area contributed by atoms with Crippen molar-refractivity contribution >= 4 is 32.7 Å². The lowest BCUT2D eigenvalue weighted by atomic mass is 10.2. The first kappa shape index (κ1) is 10.3. The van der Waals surface area contributed by atoms with E-state index < -0.39 is 15.2 Å². The highest BCUT2D eigenvalue weighted by Crippen LogP contribution is 2.20. The quantitative estimate of drug-likeness (QED) is 0.726. The first-order valence-corrected chi connectivity index (χ1v) is 5.74. The minimum atomic E-state index is -4.76. The smallest absolute Gasteiger partial charge is 0.234 e. The first-order valence-electron chi connectivity index (χ1n) is 3.98. The summed E-state index contributed by atoms with van der Waals surface area (Å²) in [6.07, 6.45) is 0. The Kier molecular flexibility index (Phi) is 2.36. The van der Waals surface area contributed by atoms with Crippen molar-refractivity contribution in [3.05, 3.63) is 35.4 Å². The van der Waals surface area contributed by atoms with Gasteiger partial charge in [0.2, 0.25) is 0 Å². The predicted molar refractivity (Wildman–Crippen MR) is 55.0 cm³/mol. The van der Waals surface area contributed by atoms with Crippen molar-refractivity contribution in [2.24, 2.45) is 0 Å². The number of benzene rings is 1. The van der Waals surface area contributed by atoms with Crippen LogP contribution in [0, 0.1) is 0 Å². The summed E-state index contributed by atoms with van der Waals surface area (Å²) in [5, 5.41) is 0.521. The van der Waals surface area contributed by atoms with Gasteiger partial charge < -0.3 is 0 Å². The SMILES string of the molecule is O=S(=O)(F)c1ccc2ccc(Cl)cc2n1. The molecule has 0 unspecified atom stereocenters. The largest absolute Gasteiger partial charge is 0.349 e. The molecule has 2 aromatic rings. The maximum atomic E-state index is 12.6. The van der Waals surface area contributed by atoms with E-state index in [2.05, 4.69) is 4.98 Å². The molecule has 0 aliphatic carbocycles. The molecule has 15 heavy (non-hydrogen) atoms. The molecular formula is C9H5ClFNO2S. The highest BCUT2D eigenvalue weighted by molar-refractivity contribution is 7.86. The van der Waals surface area contributed by atoms with Crippen molar-refractivity contribution in [3.63, 3.8) is 0 Å². The molecule has 0 amide bonds. The van der Waals surface area contributed by atoms with E-state index in [0.717, 1.165) is 6.07 Å². The molecule has 0 saturated heterocycles. The van der Waals surface area contributed by atoms with Gasteiger partial charge in [0.1, 0.15) is 0 Å². The van der Waals surface area contributed by atoms with E-state index in [-0.39, 0.29) is 0 Å². The summed E-state index contributed by atoms with van der Waals surface area (Å²) in [7, 11) is -4.76. The highest BCUT2D eigenvalue weighted by atomic mass is 35.5. The van der Waals surface area contributed by atoms with Crippen LogP contribution in [0.15, 0.2) is 35.4 Å². The normalized spacial score (nSPS) is 11.9. The van der Waals surface area contributed by atoms with Gasteiger partial charge in [0, 0.05) is 10.4 Å². The number of fused-ring (bicyclic) bond motifs is 1. The van der Waals surface area contributed by atoms with Gasteiger partial charge in [-0.25, -0.2) is 4.98 Å². The summed E-state index contributed by atoms with van der Waals surface area (Å²) in [6.45, 7) is 0. The van der Waals surface area contributed by atoms with Gasteiger partial charge in [-0.15, -0.1) is 0 Å². The standard InChI is InChI=1S/C9H5ClFNO2S/c10-7-3-1-6-2-4-9(15(11,13)14)12-8(6)5-7/h1-5H. The Morgan fingerprint density at radius 2 is 1.87 bits per heavy atom. The van der Waals surface area contributed by atoms with Crippen LogP contribution in [-0.2, 0) is 10.2 Å². The average Bonchev–Trinajstić information content (AvgIpc) is 2.15. The minimum absolute atomic E-state index is 0.348. The third kappa shape index (κ3) is 2.08. The fourth-order valence-corrected chi connectivity index (χ4v) is 1.81. The van der Waals surface area contributed by atoms with Crippen molar-refractivity contribution < 1.29 is 12.3 Å². The summed E-state index contributed by atoms with van der Waals surface area (Å²) in [5.74, 6) is 0. The molecule has 0 aliphatic rings. The number of hydrogen-bond acceptors (Lipinski definition) is 3. The van der Waals surface area contributed by atoms with Crippen LogP contribution in [0.3, 0.4) is 0 Å². The molecule has 78 valence electrons. The highest BCUT2D eigenvalue weighted by Gasteiger charge is 2.13. The van der Waals surface area contributed by atoms with Gasteiger partial charge in [0.05, 0.1) is 5.52 Å². The Bertz CT molecular complexity index is 627. The lowest BCUT2D eigenvalue weighted by Gasteiger charge is -1.99. The number of aromatic nitrogens is 1. The zero-order valence-corrected chi connectivity index (χ0v) is 8.89. The molecule has 1 aromatic heterocycles. The molecule has 0 atom stereocenters. The Morgan fingerprint density at radius 1 is 1.20 bits per heavy atom. The fourth-order valence-electron chi connectivity index (χ4n) is 1.21. The van der Waals surface area contributed by atoms with Crippen molar-refractivity contribution in [1.82, 2.24) is 4.98 Å². The van der Waals surface area contributed by atoms with Gasteiger partial charge in [-0.3, -0.25) is 0 Å². The first-order chi connectivity index (χ1) is 6.97. The van der Waals surface area contributed by atoms with Crippen molar-refractivity contribution in [3.8, 4) is 0 Å². The maximum absolute atomic E-state index is 12.6. The van der Waals surface area contributed by atoms with Crippen molar-refractivity contribution in [1.29, 1.82) is 0 Å². The molecule has 2 rings (SSSR count). The van der Waals surface area contributed by atoms with Crippen LogP contribution in [0.25, 0.3) is 10.9 Å². The molecule has 0 bridgehead atoms. The predicted octanol–water partition coefficient (Wildman–Crippen LogP) is 2.55. The molecule has 0 radical (unpaired) electrons. The van der Waals surface area contributed by atoms with E-state index in [9.17, 15) is 12.3 Å². The van der Waals surface area contributed by atoms with Gasteiger partial charge in [-0.05, 0) is 24.3 Å². The average molecular weight is 246 g/mol. The third-order valence-corrected chi connectivity index (χ3v) is 2.84. The van der Waals surface area contributed by atoms with Gasteiger partial charge in [-0.2, -0.15) is 8.42 Å². The van der Waals surface area contributed by atoms with Crippen LogP contribution in [0.5, 0.6) is 0 Å². The van der Waals surface area contributed by atoms with Crippen LogP contribution >= 0.6 is 11.6 Å². The van der Waals surface area contributed by atoms with E-state index in [0.29, 0.717) is 15.9 Å². The number of rotatable bonds is 1. The second-order valence-electron chi connectivity index (χ2n) is 2.92. The Hall–Kier alpha value is -1.20. The van der Waals surface area contributed by atoms with Gasteiger partial charge in [0.25, 0.3) is 0 Å². The van der Waals surface area contributed by atoms with Crippen molar-refractivity contribution in [2.75, 3.05) is 0 Å². The summed E-state index contributed by atoms with van der Waals surface area (Å²) in [5.41, 5.74) is 0.348. The van der Waals surface area contributed by atoms with Gasteiger partial charge in [-0.1, -0.05) is 21.6 Å². The number of hydrogen-bond donors (Lipinski definition) is 0. The van der Waals surface area contributed by atoms with E-state index in [1.54, 1.807) is 12.1 Å². The second kappa shape index (κ2) is 3.43. The zero-order chi connectivity index (χ0) is 11.1. The Balaban J connectivity index is 2.75. The van der Waals surface area contributed by atoms with Crippen LogP contribution in [0.4, 0.5) is 3.89 Å². The molecule has 0 spiro atoms. The molecule has 0 fully saturated rings. The van der Waals surface area contributed by atoms with Crippen LogP contribution in [0.1, 0.15) is 0 Å². The number of halogens is 2. The third-order valence-electron chi connectivity index (χ3n) is 1.88. The molecule has 0 saturated carbocycles. The topological polar surface area (TPSA) is 47.0 Å². The molecule has 6 heteroatoms. The van der Waals surface area contributed by atoms with Gasteiger partial charge in [0.15, 0.2) is 5.03 Å². The minimum Gasteiger partial charge on any atom is -0.234 e. The summed E-state index contributed by atoms with van der Waals surface area (Å²) < 4.78 is 33.8. The number of nitrogens with zero attached hydrogens (tertiary/aromatic N) is 1. The second-order valence-corrected chi connectivity index (χ2v) is 4.65. The van der Waals surface area contributed by atoms with E-state index in [1.807, 2.05) is 0 Å². The van der Waals surface area contributed by atoms with Crippen LogP contribution in [0.2, 0.25) is 5.02 Å². The Morgan fingerprint density at radius 3 is 2.53 bits per heavy atom. The maximum Gasteiger partial charge on any atom is 0.349 e. The van der Waals surface area contributed by atoms with E-state index in [1.165, 1.54) is 12.1 Å². The van der Waals surface area contributed by atoms with Crippen LogP contribution < -0.4 is 0 Å². The lowest BCUT2D eigenvalue weighted by Crippen LogP contribution is -1.95. The van der Waals surface area contributed by atoms with Crippen molar-refractivity contribution in [2.45, 2.75) is 5.03 Å². The molecular weight excluding hydrogens is 241 g/mol. The van der Waals surface area contributed by atoms with Gasteiger partial charge >= 0.3 is 10.2 Å².